The van der Waals surface area contributed by atoms with Gasteiger partial charge in [-0.15, -0.1) is 0 Å². The van der Waals surface area contributed by atoms with E-state index in [1.807, 2.05) is 58.9 Å². The summed E-state index contributed by atoms with van der Waals surface area (Å²) >= 11 is 1.28. The smallest absolute Gasteiger partial charge is 0.408 e. The highest BCUT2D eigenvalue weighted by molar-refractivity contribution is 7.09. The summed E-state index contributed by atoms with van der Waals surface area (Å²) in [6.07, 6.45) is 0.564. The Hall–Kier alpha value is -3.44. The fraction of sp³-hybridized carbons (Fsp3) is 0.385. The van der Waals surface area contributed by atoms with Crippen LogP contribution < -0.4 is 4.74 Å². The molecule has 0 bridgehead atoms. The van der Waals surface area contributed by atoms with E-state index in [4.69, 9.17) is 9.72 Å². The summed E-state index contributed by atoms with van der Waals surface area (Å²) in [5.74, 6) is 1.18. The molecular weight excluding hydrogens is 448 g/mol. The van der Waals surface area contributed by atoms with Crippen LogP contribution >= 0.6 is 11.5 Å². The molecule has 0 saturated heterocycles. The molecule has 1 heterocycles. The van der Waals surface area contributed by atoms with E-state index in [0.29, 0.717) is 17.1 Å². The number of carboxylic acid groups (broad SMARTS) is 1. The molecule has 3 aromatic rings. The molecule has 0 fully saturated rings. The highest BCUT2D eigenvalue weighted by Gasteiger charge is 2.38. The number of hydrogen-bond donors (Lipinski definition) is 1. The number of hydrogen-bond acceptors (Lipinski definition) is 6. The summed E-state index contributed by atoms with van der Waals surface area (Å²) in [6.45, 7) is 9.61. The number of benzene rings is 2. The topological polar surface area (TPSA) is 99.3 Å². The zero-order chi connectivity index (χ0) is 24.6. The Morgan fingerprint density at radius 1 is 1.29 bits per heavy atom. The van der Waals surface area contributed by atoms with Gasteiger partial charge in [0.25, 0.3) is 0 Å². The van der Waals surface area contributed by atoms with Crippen molar-refractivity contribution in [2.45, 2.75) is 65.1 Å². The molecular formula is C26H28N4O3S. The van der Waals surface area contributed by atoms with Crippen LogP contribution in [0, 0.1) is 11.3 Å². The normalized spacial score (nSPS) is 15.1. The van der Waals surface area contributed by atoms with Gasteiger partial charge in [-0.25, -0.2) is 9.78 Å². The van der Waals surface area contributed by atoms with Crippen LogP contribution in [0.25, 0.3) is 22.0 Å². The van der Waals surface area contributed by atoms with Crippen molar-refractivity contribution >= 4 is 17.6 Å². The maximum absolute atomic E-state index is 12.1. The Labute approximate surface area is 203 Å². The summed E-state index contributed by atoms with van der Waals surface area (Å²) in [4.78, 5) is 18.4. The molecule has 0 saturated carbocycles. The molecule has 1 unspecified atom stereocenters. The van der Waals surface area contributed by atoms with Gasteiger partial charge in [-0.2, -0.15) is 9.64 Å². The van der Waals surface area contributed by atoms with E-state index in [1.54, 1.807) is 17.0 Å². The maximum Gasteiger partial charge on any atom is 0.408 e. The van der Waals surface area contributed by atoms with Crippen molar-refractivity contribution in [1.29, 1.82) is 5.26 Å². The molecule has 1 aliphatic carbocycles. The number of rotatable bonds is 5. The standard InChI is InChI=1S/C26H28N4O3S/c1-15(2)33-22-12-9-16(13-17(22)14-27)24-28-23(29-34-24)20-8-6-7-19-18(20)10-11-21(19)30(25(31)32)26(3,4)5/h6-9,12-13,15,21H,10-11H2,1-5H3,(H,31,32). The molecule has 1 aromatic heterocycles. The molecule has 0 radical (unpaired) electrons. The Morgan fingerprint density at radius 2 is 2.06 bits per heavy atom. The summed E-state index contributed by atoms with van der Waals surface area (Å²) in [5, 5.41) is 20.2. The summed E-state index contributed by atoms with van der Waals surface area (Å²) in [7, 11) is 0. The van der Waals surface area contributed by atoms with Crippen molar-refractivity contribution in [1.82, 2.24) is 14.3 Å². The molecule has 1 aliphatic rings. The first-order valence-electron chi connectivity index (χ1n) is 11.3. The van der Waals surface area contributed by atoms with Gasteiger partial charge in [-0.05, 0) is 88.3 Å². The molecule has 1 atom stereocenters. The van der Waals surface area contributed by atoms with Crippen LogP contribution in [0.2, 0.25) is 0 Å². The monoisotopic (exact) mass is 476 g/mol. The number of amides is 1. The highest BCUT2D eigenvalue weighted by atomic mass is 32.1. The third-order valence-corrected chi connectivity index (χ3v) is 6.62. The Bertz CT molecular complexity index is 1270. The van der Waals surface area contributed by atoms with Crippen LogP contribution in [0.3, 0.4) is 0 Å². The molecule has 8 heteroatoms. The minimum Gasteiger partial charge on any atom is -0.490 e. The van der Waals surface area contributed by atoms with Crippen LogP contribution in [0.4, 0.5) is 4.79 Å². The van der Waals surface area contributed by atoms with Crippen molar-refractivity contribution in [2.75, 3.05) is 0 Å². The van der Waals surface area contributed by atoms with Crippen LogP contribution in [0.1, 0.15) is 63.8 Å². The number of nitriles is 1. The molecule has 1 amide bonds. The SMILES string of the molecule is CC(C)Oc1ccc(-c2nc(-c3cccc4c3CCC4N(C(=O)O)C(C)(C)C)ns2)cc1C#N. The van der Waals surface area contributed by atoms with Gasteiger partial charge < -0.3 is 9.84 Å². The fourth-order valence-electron chi connectivity index (χ4n) is 4.56. The second kappa shape index (κ2) is 9.07. The number of fused-ring (bicyclic) bond motifs is 1. The van der Waals surface area contributed by atoms with E-state index >= 15 is 0 Å². The first-order chi connectivity index (χ1) is 16.1. The van der Waals surface area contributed by atoms with Gasteiger partial charge in [0, 0.05) is 16.7 Å². The number of nitrogens with zero attached hydrogens (tertiary/aromatic N) is 4. The van der Waals surface area contributed by atoms with E-state index in [0.717, 1.165) is 40.1 Å². The minimum atomic E-state index is -0.914. The number of aromatic nitrogens is 2. The van der Waals surface area contributed by atoms with Gasteiger partial charge in [0.15, 0.2) is 5.82 Å². The second-order valence-corrected chi connectivity index (χ2v) is 10.4. The molecule has 0 spiro atoms. The van der Waals surface area contributed by atoms with Crippen molar-refractivity contribution in [3.63, 3.8) is 0 Å². The molecule has 2 aromatic carbocycles. The average Bonchev–Trinajstić information content (AvgIpc) is 3.40. The van der Waals surface area contributed by atoms with Gasteiger partial charge in [-0.1, -0.05) is 18.2 Å². The number of ether oxygens (including phenoxy) is 1. The van der Waals surface area contributed by atoms with Crippen LogP contribution in [-0.4, -0.2) is 37.1 Å². The molecule has 4 rings (SSSR count). The maximum atomic E-state index is 12.1. The lowest BCUT2D eigenvalue weighted by molar-refractivity contribution is 0.0701. The third-order valence-electron chi connectivity index (χ3n) is 5.86. The summed E-state index contributed by atoms with van der Waals surface area (Å²) in [5.41, 5.74) is 3.82. The van der Waals surface area contributed by atoms with Gasteiger partial charge in [0.2, 0.25) is 0 Å². The lowest BCUT2D eigenvalue weighted by Crippen LogP contribution is -2.46. The lowest BCUT2D eigenvalue weighted by atomic mass is 9.98. The molecule has 176 valence electrons. The minimum absolute atomic E-state index is 0.0228. The van der Waals surface area contributed by atoms with Gasteiger partial charge in [0.1, 0.15) is 16.8 Å². The van der Waals surface area contributed by atoms with Crippen molar-refractivity contribution in [2.24, 2.45) is 0 Å². The molecule has 7 nitrogen and oxygen atoms in total. The van der Waals surface area contributed by atoms with E-state index in [9.17, 15) is 15.2 Å². The third kappa shape index (κ3) is 4.48. The predicted molar refractivity (Wildman–Crippen MR) is 132 cm³/mol. The zero-order valence-corrected chi connectivity index (χ0v) is 20.8. The second-order valence-electron chi connectivity index (χ2n) is 9.66. The fourth-order valence-corrected chi connectivity index (χ4v) is 5.23. The van der Waals surface area contributed by atoms with Crippen LogP contribution in [0.15, 0.2) is 36.4 Å². The van der Waals surface area contributed by atoms with E-state index < -0.39 is 11.6 Å². The zero-order valence-electron chi connectivity index (χ0n) is 20.0. The van der Waals surface area contributed by atoms with E-state index in [1.165, 1.54) is 11.5 Å². The lowest BCUT2D eigenvalue weighted by Gasteiger charge is -2.38. The Kier molecular flexibility index (Phi) is 6.32. The summed E-state index contributed by atoms with van der Waals surface area (Å²) in [6, 6.07) is 13.4. The average molecular weight is 477 g/mol. The molecule has 0 aliphatic heterocycles. The van der Waals surface area contributed by atoms with Crippen molar-refractivity contribution < 1.29 is 14.6 Å². The van der Waals surface area contributed by atoms with Gasteiger partial charge in [-0.3, -0.25) is 4.90 Å². The van der Waals surface area contributed by atoms with E-state index in [-0.39, 0.29) is 12.1 Å². The van der Waals surface area contributed by atoms with Crippen LogP contribution in [0.5, 0.6) is 5.75 Å². The van der Waals surface area contributed by atoms with E-state index in [2.05, 4.69) is 10.4 Å². The van der Waals surface area contributed by atoms with Gasteiger partial charge >= 0.3 is 6.09 Å². The number of carbonyl (C=O) groups is 1. The van der Waals surface area contributed by atoms with Crippen LogP contribution in [-0.2, 0) is 6.42 Å². The Balaban J connectivity index is 1.68. The van der Waals surface area contributed by atoms with Crippen molar-refractivity contribution in [3.8, 4) is 33.8 Å². The first-order valence-corrected chi connectivity index (χ1v) is 12.1. The predicted octanol–water partition coefficient (Wildman–Crippen LogP) is 6.30. The van der Waals surface area contributed by atoms with Gasteiger partial charge in [0.05, 0.1) is 17.7 Å². The molecule has 1 N–H and O–H groups in total. The molecule has 34 heavy (non-hydrogen) atoms. The van der Waals surface area contributed by atoms with Crippen molar-refractivity contribution in [3.05, 3.63) is 53.1 Å². The first kappa shape index (κ1) is 23.7. The Morgan fingerprint density at radius 3 is 2.71 bits per heavy atom. The summed E-state index contributed by atoms with van der Waals surface area (Å²) < 4.78 is 10.3. The largest absolute Gasteiger partial charge is 0.490 e. The quantitative estimate of drug-likeness (QED) is 0.464. The highest BCUT2D eigenvalue weighted by Crippen LogP contribution is 2.43.